The van der Waals surface area contributed by atoms with Gasteiger partial charge in [0.05, 0.1) is 13.2 Å². The third-order valence-corrected chi connectivity index (χ3v) is 3.35. The van der Waals surface area contributed by atoms with Crippen molar-refractivity contribution in [3.8, 4) is 5.75 Å². The van der Waals surface area contributed by atoms with Gasteiger partial charge in [0.2, 0.25) is 0 Å². The topological polar surface area (TPSA) is 50.8 Å². The first-order chi connectivity index (χ1) is 9.89. The first kappa shape index (κ1) is 15.6. The molecule has 1 aromatic carbocycles. The first-order valence-corrected chi connectivity index (χ1v) is 7.24. The minimum atomic E-state index is -0.461. The Hall–Kier alpha value is -1.75. The molecule has 1 unspecified atom stereocenters. The van der Waals surface area contributed by atoms with E-state index in [2.05, 4.69) is 5.32 Å². The molecule has 1 heterocycles. The molecule has 5 heteroatoms. The standard InChI is InChI=1S/C16H24N2O3/c1-16(2,3)21-15(19)18-10-9-17-14(11-18)12-5-7-13(20-4)8-6-12/h5-8,14,17H,9-11H2,1-4H3. The number of rotatable bonds is 2. The third kappa shape index (κ3) is 4.36. The minimum Gasteiger partial charge on any atom is -0.497 e. The van der Waals surface area contributed by atoms with Crippen molar-refractivity contribution in [2.75, 3.05) is 26.7 Å². The number of nitrogens with one attached hydrogen (secondary N) is 1. The lowest BCUT2D eigenvalue weighted by molar-refractivity contribution is 0.0195. The van der Waals surface area contributed by atoms with Gasteiger partial charge in [-0.25, -0.2) is 4.79 Å². The van der Waals surface area contributed by atoms with Gasteiger partial charge in [0, 0.05) is 19.6 Å². The largest absolute Gasteiger partial charge is 0.497 e. The van der Waals surface area contributed by atoms with Crippen LogP contribution in [0.2, 0.25) is 0 Å². The number of hydrogen-bond donors (Lipinski definition) is 1. The highest BCUT2D eigenvalue weighted by Crippen LogP contribution is 2.21. The molecule has 0 aromatic heterocycles. The molecule has 5 nitrogen and oxygen atoms in total. The molecule has 1 aliphatic heterocycles. The van der Waals surface area contributed by atoms with Gasteiger partial charge in [-0.2, -0.15) is 0 Å². The molecule has 1 atom stereocenters. The Labute approximate surface area is 126 Å². The SMILES string of the molecule is COc1ccc(C2CN(C(=O)OC(C)(C)C)CCN2)cc1. The Morgan fingerprint density at radius 2 is 1.95 bits per heavy atom. The van der Waals surface area contributed by atoms with E-state index in [1.54, 1.807) is 12.0 Å². The number of methoxy groups -OCH3 is 1. The van der Waals surface area contributed by atoms with Gasteiger partial charge in [0.25, 0.3) is 0 Å². The molecule has 1 aromatic rings. The average molecular weight is 292 g/mol. The van der Waals surface area contributed by atoms with Crippen LogP contribution in [0.5, 0.6) is 5.75 Å². The van der Waals surface area contributed by atoms with Crippen molar-refractivity contribution in [1.82, 2.24) is 10.2 Å². The molecule has 21 heavy (non-hydrogen) atoms. The fourth-order valence-electron chi connectivity index (χ4n) is 2.30. The molecule has 1 N–H and O–H groups in total. The maximum Gasteiger partial charge on any atom is 0.410 e. The first-order valence-electron chi connectivity index (χ1n) is 7.24. The fourth-order valence-corrected chi connectivity index (χ4v) is 2.30. The van der Waals surface area contributed by atoms with E-state index in [1.807, 2.05) is 45.0 Å². The summed E-state index contributed by atoms with van der Waals surface area (Å²) in [5.41, 5.74) is 0.682. The Morgan fingerprint density at radius 1 is 1.29 bits per heavy atom. The van der Waals surface area contributed by atoms with Crippen LogP contribution >= 0.6 is 0 Å². The van der Waals surface area contributed by atoms with Crippen LogP contribution in [0.3, 0.4) is 0 Å². The van der Waals surface area contributed by atoms with E-state index in [0.29, 0.717) is 13.1 Å². The van der Waals surface area contributed by atoms with Crippen molar-refractivity contribution in [2.24, 2.45) is 0 Å². The van der Waals surface area contributed by atoms with E-state index < -0.39 is 5.60 Å². The van der Waals surface area contributed by atoms with E-state index in [9.17, 15) is 4.79 Å². The van der Waals surface area contributed by atoms with Crippen LogP contribution in [0, 0.1) is 0 Å². The van der Waals surface area contributed by atoms with Crippen LogP contribution in [0.15, 0.2) is 24.3 Å². The normalized spacial score (nSPS) is 19.2. The fraction of sp³-hybridized carbons (Fsp3) is 0.562. The highest BCUT2D eigenvalue weighted by atomic mass is 16.6. The van der Waals surface area contributed by atoms with Gasteiger partial charge in [0.15, 0.2) is 0 Å². The lowest BCUT2D eigenvalue weighted by atomic mass is 10.0. The van der Waals surface area contributed by atoms with Crippen LogP contribution in [-0.2, 0) is 4.74 Å². The number of benzene rings is 1. The lowest BCUT2D eigenvalue weighted by Crippen LogP contribution is -2.49. The van der Waals surface area contributed by atoms with Gasteiger partial charge in [-0.15, -0.1) is 0 Å². The molecule has 2 rings (SSSR count). The highest BCUT2D eigenvalue weighted by Gasteiger charge is 2.27. The second-order valence-corrected chi connectivity index (χ2v) is 6.21. The van der Waals surface area contributed by atoms with Crippen LogP contribution in [0.1, 0.15) is 32.4 Å². The number of ether oxygens (including phenoxy) is 2. The van der Waals surface area contributed by atoms with Crippen LogP contribution in [0.25, 0.3) is 0 Å². The van der Waals surface area contributed by atoms with Gasteiger partial charge < -0.3 is 19.7 Å². The predicted molar refractivity (Wildman–Crippen MR) is 81.5 cm³/mol. The minimum absolute atomic E-state index is 0.122. The second-order valence-electron chi connectivity index (χ2n) is 6.21. The molecular weight excluding hydrogens is 268 g/mol. The number of hydrogen-bond acceptors (Lipinski definition) is 4. The summed E-state index contributed by atoms with van der Waals surface area (Å²) in [6.45, 7) is 7.69. The Bertz CT molecular complexity index is 479. The summed E-state index contributed by atoms with van der Waals surface area (Å²) in [7, 11) is 1.65. The summed E-state index contributed by atoms with van der Waals surface area (Å²) >= 11 is 0. The molecule has 0 spiro atoms. The Kier molecular flexibility index (Phi) is 4.73. The summed E-state index contributed by atoms with van der Waals surface area (Å²) < 4.78 is 10.6. The van der Waals surface area contributed by atoms with E-state index in [-0.39, 0.29) is 12.1 Å². The van der Waals surface area contributed by atoms with Crippen LogP contribution in [0.4, 0.5) is 4.79 Å². The van der Waals surface area contributed by atoms with Crippen molar-refractivity contribution in [3.05, 3.63) is 29.8 Å². The second kappa shape index (κ2) is 6.35. The van der Waals surface area contributed by atoms with E-state index in [1.165, 1.54) is 0 Å². The zero-order valence-electron chi connectivity index (χ0n) is 13.2. The molecule has 0 bridgehead atoms. The average Bonchev–Trinajstić information content (AvgIpc) is 2.46. The van der Waals surface area contributed by atoms with Crippen molar-refractivity contribution < 1.29 is 14.3 Å². The van der Waals surface area contributed by atoms with E-state index >= 15 is 0 Å². The number of amides is 1. The van der Waals surface area contributed by atoms with Crippen molar-refractivity contribution in [3.63, 3.8) is 0 Å². The van der Waals surface area contributed by atoms with E-state index in [4.69, 9.17) is 9.47 Å². The maximum absolute atomic E-state index is 12.1. The smallest absolute Gasteiger partial charge is 0.410 e. The van der Waals surface area contributed by atoms with Crippen molar-refractivity contribution in [2.45, 2.75) is 32.4 Å². The predicted octanol–water partition coefficient (Wildman–Crippen LogP) is 2.58. The quantitative estimate of drug-likeness (QED) is 0.910. The van der Waals surface area contributed by atoms with Crippen molar-refractivity contribution >= 4 is 6.09 Å². The number of piperazine rings is 1. The molecule has 0 aliphatic carbocycles. The lowest BCUT2D eigenvalue weighted by Gasteiger charge is -2.35. The summed E-state index contributed by atoms with van der Waals surface area (Å²) in [5, 5.41) is 3.43. The molecule has 116 valence electrons. The summed E-state index contributed by atoms with van der Waals surface area (Å²) in [6, 6.07) is 8.04. The van der Waals surface area contributed by atoms with Gasteiger partial charge in [-0.1, -0.05) is 12.1 Å². The van der Waals surface area contributed by atoms with Gasteiger partial charge >= 0.3 is 6.09 Å². The zero-order valence-corrected chi connectivity index (χ0v) is 13.2. The third-order valence-electron chi connectivity index (χ3n) is 3.35. The molecule has 1 aliphatic rings. The molecule has 0 saturated carbocycles. The molecular formula is C16H24N2O3. The summed E-state index contributed by atoms with van der Waals surface area (Å²) in [6.07, 6.45) is -0.248. The molecule has 1 saturated heterocycles. The molecule has 0 radical (unpaired) electrons. The van der Waals surface area contributed by atoms with Crippen LogP contribution < -0.4 is 10.1 Å². The molecule has 1 amide bonds. The van der Waals surface area contributed by atoms with Gasteiger partial charge in [-0.05, 0) is 38.5 Å². The summed E-state index contributed by atoms with van der Waals surface area (Å²) in [5.74, 6) is 0.832. The maximum atomic E-state index is 12.1. The number of nitrogens with zero attached hydrogens (tertiary/aromatic N) is 1. The van der Waals surface area contributed by atoms with E-state index in [0.717, 1.165) is 17.9 Å². The number of carbonyl (C=O) groups is 1. The van der Waals surface area contributed by atoms with Crippen LogP contribution in [-0.4, -0.2) is 43.3 Å². The highest BCUT2D eigenvalue weighted by molar-refractivity contribution is 5.68. The Balaban J connectivity index is 2.01. The van der Waals surface area contributed by atoms with Gasteiger partial charge in [-0.3, -0.25) is 0 Å². The number of carbonyl (C=O) groups excluding carboxylic acids is 1. The molecule has 1 fully saturated rings. The monoisotopic (exact) mass is 292 g/mol. The summed E-state index contributed by atoms with van der Waals surface area (Å²) in [4.78, 5) is 13.9. The Morgan fingerprint density at radius 3 is 2.52 bits per heavy atom. The zero-order chi connectivity index (χ0) is 15.5. The van der Waals surface area contributed by atoms with Gasteiger partial charge in [0.1, 0.15) is 11.4 Å². The van der Waals surface area contributed by atoms with Crippen molar-refractivity contribution in [1.29, 1.82) is 0 Å².